The minimum absolute atomic E-state index is 0.250. The Hall–Kier alpha value is -1.26. The molecule has 1 aliphatic heterocycles. The van der Waals surface area contributed by atoms with Crippen molar-refractivity contribution in [3.63, 3.8) is 0 Å². The summed E-state index contributed by atoms with van der Waals surface area (Å²) >= 11 is 0. The lowest BCUT2D eigenvalue weighted by Crippen LogP contribution is -2.50. The van der Waals surface area contributed by atoms with Gasteiger partial charge in [-0.15, -0.1) is 0 Å². The van der Waals surface area contributed by atoms with Crippen molar-refractivity contribution in [1.29, 1.82) is 0 Å². The molecule has 1 saturated heterocycles. The third-order valence-corrected chi connectivity index (χ3v) is 1.79. The van der Waals surface area contributed by atoms with Crippen LogP contribution in [0.2, 0.25) is 0 Å². The molecule has 5 heteroatoms. The fraction of sp³-hybridized carbons (Fsp3) is 0.667. The van der Waals surface area contributed by atoms with Gasteiger partial charge in [-0.3, -0.25) is 4.79 Å². The van der Waals surface area contributed by atoms with Gasteiger partial charge in [0.2, 0.25) is 5.91 Å². The molecule has 1 rings (SSSR count). The van der Waals surface area contributed by atoms with Crippen molar-refractivity contribution in [1.82, 2.24) is 10.6 Å². The van der Waals surface area contributed by atoms with E-state index in [1.165, 1.54) is 0 Å². The summed E-state index contributed by atoms with van der Waals surface area (Å²) in [5.74, 6) is -0.250. The average molecular weight is 158 g/mol. The average Bonchev–Trinajstić information content (AvgIpc) is 2.11. The molecule has 11 heavy (non-hydrogen) atoms. The number of carbonyl (C=O) groups excluding carboxylic acids is 1. The lowest BCUT2D eigenvalue weighted by Gasteiger charge is -2.19. The fourth-order valence-electron chi connectivity index (χ4n) is 1.09. The third kappa shape index (κ3) is 1.42. The number of nitrogens with one attached hydrogen (secondary N) is 2. The van der Waals surface area contributed by atoms with Crippen LogP contribution in [-0.4, -0.2) is 29.2 Å². The van der Waals surface area contributed by atoms with Gasteiger partial charge in [0.25, 0.3) is 0 Å². The van der Waals surface area contributed by atoms with E-state index < -0.39 is 11.6 Å². The second-order valence-electron chi connectivity index (χ2n) is 2.77. The van der Waals surface area contributed by atoms with Crippen molar-refractivity contribution in [3.8, 4) is 0 Å². The van der Waals surface area contributed by atoms with E-state index in [1.807, 2.05) is 0 Å². The Bertz CT molecular complexity index is 204. The van der Waals surface area contributed by atoms with Crippen molar-refractivity contribution >= 4 is 12.0 Å². The highest BCUT2D eigenvalue weighted by atomic mass is 16.4. The van der Waals surface area contributed by atoms with Crippen molar-refractivity contribution < 1.29 is 14.7 Å². The number of carbonyl (C=O) groups is 2. The van der Waals surface area contributed by atoms with Crippen molar-refractivity contribution in [2.75, 3.05) is 6.54 Å². The van der Waals surface area contributed by atoms with E-state index in [0.29, 0.717) is 13.0 Å². The highest BCUT2D eigenvalue weighted by molar-refractivity contribution is 5.90. The van der Waals surface area contributed by atoms with Crippen LogP contribution in [0.5, 0.6) is 0 Å². The summed E-state index contributed by atoms with van der Waals surface area (Å²) in [6, 6.07) is 0. The highest BCUT2D eigenvalue weighted by Crippen LogP contribution is 2.14. The Morgan fingerprint density at radius 2 is 2.45 bits per heavy atom. The molecule has 0 bridgehead atoms. The summed E-state index contributed by atoms with van der Waals surface area (Å²) < 4.78 is 0. The van der Waals surface area contributed by atoms with Gasteiger partial charge in [0.15, 0.2) is 0 Å². The smallest absolute Gasteiger partial charge is 0.405 e. The molecule has 0 unspecified atom stereocenters. The molecule has 0 aromatic carbocycles. The number of carboxylic acid groups (broad SMARTS) is 1. The minimum Gasteiger partial charge on any atom is -0.465 e. The van der Waals surface area contributed by atoms with Crippen LogP contribution in [0.4, 0.5) is 4.79 Å². The second kappa shape index (κ2) is 2.41. The van der Waals surface area contributed by atoms with E-state index in [0.717, 1.165) is 0 Å². The summed E-state index contributed by atoms with van der Waals surface area (Å²) in [7, 11) is 0. The number of amides is 2. The molecular weight excluding hydrogens is 148 g/mol. The first-order chi connectivity index (χ1) is 5.04. The maximum absolute atomic E-state index is 11.0. The molecule has 0 saturated carbocycles. The Balaban J connectivity index is 2.65. The Kier molecular flexibility index (Phi) is 1.72. The van der Waals surface area contributed by atoms with Crippen LogP contribution < -0.4 is 10.6 Å². The van der Waals surface area contributed by atoms with E-state index in [2.05, 4.69) is 10.6 Å². The number of hydrogen-bond acceptors (Lipinski definition) is 2. The molecule has 1 aliphatic rings. The van der Waals surface area contributed by atoms with Crippen molar-refractivity contribution in [3.05, 3.63) is 0 Å². The lowest BCUT2D eigenvalue weighted by atomic mass is 10.0. The van der Waals surface area contributed by atoms with Crippen LogP contribution in [0.15, 0.2) is 0 Å². The molecule has 5 nitrogen and oxygen atoms in total. The first-order valence-electron chi connectivity index (χ1n) is 3.34. The van der Waals surface area contributed by atoms with Crippen LogP contribution in [0.1, 0.15) is 13.3 Å². The van der Waals surface area contributed by atoms with Crippen molar-refractivity contribution in [2.24, 2.45) is 0 Å². The van der Waals surface area contributed by atoms with Crippen LogP contribution in [0.3, 0.4) is 0 Å². The van der Waals surface area contributed by atoms with E-state index in [1.54, 1.807) is 6.92 Å². The third-order valence-electron chi connectivity index (χ3n) is 1.79. The summed E-state index contributed by atoms with van der Waals surface area (Å²) in [4.78, 5) is 21.2. The van der Waals surface area contributed by atoms with Gasteiger partial charge < -0.3 is 15.7 Å². The zero-order valence-electron chi connectivity index (χ0n) is 6.18. The van der Waals surface area contributed by atoms with Crippen LogP contribution in [0, 0.1) is 0 Å². The highest BCUT2D eigenvalue weighted by Gasteiger charge is 2.38. The van der Waals surface area contributed by atoms with Crippen molar-refractivity contribution in [2.45, 2.75) is 18.9 Å². The summed E-state index contributed by atoms with van der Waals surface area (Å²) in [5, 5.41) is 13.1. The van der Waals surface area contributed by atoms with E-state index in [9.17, 15) is 9.59 Å². The molecule has 0 aromatic heterocycles. The SMILES string of the molecule is C[C@]1(NC(=O)O)CCNC1=O. The topological polar surface area (TPSA) is 78.4 Å². The Morgan fingerprint density at radius 1 is 1.82 bits per heavy atom. The zero-order chi connectivity index (χ0) is 8.48. The maximum Gasteiger partial charge on any atom is 0.405 e. The molecule has 1 heterocycles. The molecule has 62 valence electrons. The van der Waals surface area contributed by atoms with E-state index in [4.69, 9.17) is 5.11 Å². The summed E-state index contributed by atoms with van der Waals surface area (Å²) in [6.45, 7) is 2.11. The normalized spacial score (nSPS) is 29.7. The quantitative estimate of drug-likeness (QED) is 0.483. The van der Waals surface area contributed by atoms with Gasteiger partial charge in [-0.2, -0.15) is 0 Å². The molecule has 0 aromatic rings. The molecule has 1 fully saturated rings. The molecule has 2 amide bonds. The molecule has 0 spiro atoms. The van der Waals surface area contributed by atoms with Gasteiger partial charge in [0, 0.05) is 6.54 Å². The van der Waals surface area contributed by atoms with Gasteiger partial charge >= 0.3 is 6.09 Å². The fourth-order valence-corrected chi connectivity index (χ4v) is 1.09. The number of hydrogen-bond donors (Lipinski definition) is 3. The minimum atomic E-state index is -1.16. The largest absolute Gasteiger partial charge is 0.465 e. The molecule has 0 aliphatic carbocycles. The molecule has 0 radical (unpaired) electrons. The second-order valence-corrected chi connectivity index (χ2v) is 2.77. The van der Waals surface area contributed by atoms with Gasteiger partial charge in [0.1, 0.15) is 5.54 Å². The molecule has 1 atom stereocenters. The predicted octanol–water partition coefficient (Wildman–Crippen LogP) is -0.467. The first kappa shape index (κ1) is 7.84. The Labute approximate surface area is 63.8 Å². The summed E-state index contributed by atoms with van der Waals surface area (Å²) in [5.41, 5.74) is -0.925. The summed E-state index contributed by atoms with van der Waals surface area (Å²) in [6.07, 6.45) is -0.650. The lowest BCUT2D eigenvalue weighted by molar-refractivity contribution is -0.123. The van der Waals surface area contributed by atoms with Crippen LogP contribution in [-0.2, 0) is 4.79 Å². The van der Waals surface area contributed by atoms with E-state index >= 15 is 0 Å². The molecule has 3 N–H and O–H groups in total. The van der Waals surface area contributed by atoms with Crippen LogP contribution >= 0.6 is 0 Å². The van der Waals surface area contributed by atoms with Gasteiger partial charge in [-0.05, 0) is 13.3 Å². The van der Waals surface area contributed by atoms with Gasteiger partial charge in [-0.25, -0.2) is 4.79 Å². The maximum atomic E-state index is 11.0. The monoisotopic (exact) mass is 158 g/mol. The predicted molar refractivity (Wildman–Crippen MR) is 37.2 cm³/mol. The van der Waals surface area contributed by atoms with Crippen LogP contribution in [0.25, 0.3) is 0 Å². The van der Waals surface area contributed by atoms with Gasteiger partial charge in [0.05, 0.1) is 0 Å². The van der Waals surface area contributed by atoms with E-state index in [-0.39, 0.29) is 5.91 Å². The standard InChI is InChI=1S/C6H10N2O3/c1-6(8-5(10)11)2-3-7-4(6)9/h8H,2-3H2,1H3,(H,7,9)(H,10,11)/t6-/m0/s1. The number of rotatable bonds is 1. The molecular formula is C6H10N2O3. The van der Waals surface area contributed by atoms with Gasteiger partial charge in [-0.1, -0.05) is 0 Å². The Morgan fingerprint density at radius 3 is 2.82 bits per heavy atom. The zero-order valence-corrected chi connectivity index (χ0v) is 6.18. The first-order valence-corrected chi connectivity index (χ1v) is 3.34.